The first-order valence-electron chi connectivity index (χ1n) is 6.14. The number of hydrogen-bond acceptors (Lipinski definition) is 3. The number of nitrogens with one attached hydrogen (secondary N) is 2. The van der Waals surface area contributed by atoms with Gasteiger partial charge in [-0.1, -0.05) is 18.2 Å². The van der Waals surface area contributed by atoms with Crippen molar-refractivity contribution in [2.75, 3.05) is 25.0 Å². The number of para-hydroxylation sites is 1. The summed E-state index contributed by atoms with van der Waals surface area (Å²) in [4.78, 5) is 0. The average molecular weight is 217 g/mol. The summed E-state index contributed by atoms with van der Waals surface area (Å²) in [5.74, 6) is 0. The lowest BCUT2D eigenvalue weighted by Gasteiger charge is -2.39. The van der Waals surface area contributed by atoms with E-state index in [-0.39, 0.29) is 5.41 Å². The number of nitrogens with two attached hydrogens (primary N) is 1. The lowest BCUT2D eigenvalue weighted by molar-refractivity contribution is 0.284. The van der Waals surface area contributed by atoms with E-state index in [1.54, 1.807) is 0 Å². The Hall–Kier alpha value is -1.06. The predicted octanol–water partition coefficient (Wildman–Crippen LogP) is 1.06. The summed E-state index contributed by atoms with van der Waals surface area (Å²) in [5.41, 5.74) is 8.98. The van der Waals surface area contributed by atoms with Gasteiger partial charge in [0.15, 0.2) is 0 Å². The van der Waals surface area contributed by atoms with Gasteiger partial charge in [0, 0.05) is 23.7 Å². The second kappa shape index (κ2) is 3.75. The molecule has 0 aliphatic carbocycles. The molecular formula is C13H19N3. The summed E-state index contributed by atoms with van der Waals surface area (Å²) in [6, 6.07) is 9.09. The van der Waals surface area contributed by atoms with E-state index in [4.69, 9.17) is 5.73 Å². The van der Waals surface area contributed by atoms with Crippen LogP contribution < -0.4 is 16.4 Å². The Morgan fingerprint density at radius 2 is 2.00 bits per heavy atom. The zero-order chi connectivity index (χ0) is 11.0. The van der Waals surface area contributed by atoms with Gasteiger partial charge in [-0.25, -0.2) is 0 Å². The first-order chi connectivity index (χ1) is 7.87. The molecule has 2 aliphatic rings. The molecule has 4 N–H and O–H groups in total. The monoisotopic (exact) mass is 217 g/mol. The van der Waals surface area contributed by atoms with Crippen LogP contribution in [0.5, 0.6) is 0 Å². The number of fused-ring (bicyclic) bond motifs is 2. The molecule has 1 unspecified atom stereocenters. The van der Waals surface area contributed by atoms with Crippen molar-refractivity contribution in [2.24, 2.45) is 5.73 Å². The third-order valence-corrected chi connectivity index (χ3v) is 4.19. The van der Waals surface area contributed by atoms with Gasteiger partial charge in [0.1, 0.15) is 0 Å². The van der Waals surface area contributed by atoms with Gasteiger partial charge in [0.2, 0.25) is 0 Å². The molecule has 0 aromatic heterocycles. The number of benzene rings is 1. The van der Waals surface area contributed by atoms with Crippen molar-refractivity contribution in [1.82, 2.24) is 5.32 Å². The fourth-order valence-corrected chi connectivity index (χ4v) is 3.33. The minimum Gasteiger partial charge on any atom is -0.380 e. The first-order valence-corrected chi connectivity index (χ1v) is 6.14. The van der Waals surface area contributed by atoms with Crippen LogP contribution in [0, 0.1) is 0 Å². The van der Waals surface area contributed by atoms with E-state index in [9.17, 15) is 0 Å². The van der Waals surface area contributed by atoms with E-state index in [2.05, 4.69) is 34.9 Å². The molecule has 2 aliphatic heterocycles. The summed E-state index contributed by atoms with van der Waals surface area (Å²) in [6.07, 6.45) is 2.39. The Morgan fingerprint density at radius 1 is 1.25 bits per heavy atom. The van der Waals surface area contributed by atoms with Crippen LogP contribution in [0.3, 0.4) is 0 Å². The third kappa shape index (κ3) is 1.28. The molecule has 1 fully saturated rings. The molecule has 1 spiro atoms. The molecule has 1 aromatic rings. The molecular weight excluding hydrogens is 198 g/mol. The smallest absolute Gasteiger partial charge is 0.0482 e. The van der Waals surface area contributed by atoms with Crippen LogP contribution >= 0.6 is 0 Å². The van der Waals surface area contributed by atoms with Crippen LogP contribution in [0.25, 0.3) is 0 Å². The van der Waals surface area contributed by atoms with Crippen molar-refractivity contribution in [3.05, 3.63) is 29.8 Å². The summed E-state index contributed by atoms with van der Waals surface area (Å²) in [7, 11) is 0. The van der Waals surface area contributed by atoms with Crippen LogP contribution in [-0.4, -0.2) is 25.7 Å². The molecule has 0 saturated carbocycles. The maximum absolute atomic E-state index is 5.94. The second-order valence-electron chi connectivity index (χ2n) is 4.88. The van der Waals surface area contributed by atoms with Crippen molar-refractivity contribution in [3.8, 4) is 0 Å². The molecule has 1 aromatic carbocycles. The molecule has 1 atom stereocenters. The Kier molecular flexibility index (Phi) is 2.37. The molecule has 0 bridgehead atoms. The van der Waals surface area contributed by atoms with E-state index >= 15 is 0 Å². The average Bonchev–Trinajstić information content (AvgIpc) is 2.65. The van der Waals surface area contributed by atoms with E-state index in [1.807, 2.05) is 0 Å². The zero-order valence-corrected chi connectivity index (χ0v) is 9.50. The molecule has 0 amide bonds. The highest BCUT2D eigenvalue weighted by molar-refractivity contribution is 5.62. The molecule has 3 heteroatoms. The standard InChI is InChI=1S/C13H19N3/c14-9-12-13(5-7-15-8-6-13)10-3-1-2-4-11(10)16-12/h1-4,12,15-16H,5-9,14H2. The zero-order valence-electron chi connectivity index (χ0n) is 9.50. The second-order valence-corrected chi connectivity index (χ2v) is 4.88. The molecule has 3 rings (SSSR count). The molecule has 16 heavy (non-hydrogen) atoms. The van der Waals surface area contributed by atoms with Crippen LogP contribution in [0.2, 0.25) is 0 Å². The van der Waals surface area contributed by atoms with Gasteiger partial charge in [-0.2, -0.15) is 0 Å². The molecule has 0 radical (unpaired) electrons. The Balaban J connectivity index is 2.06. The van der Waals surface area contributed by atoms with Gasteiger partial charge in [-0.05, 0) is 37.6 Å². The van der Waals surface area contributed by atoms with Gasteiger partial charge in [0.05, 0.1) is 0 Å². The Labute approximate surface area is 96.4 Å². The normalized spacial score (nSPS) is 26.4. The minimum atomic E-state index is 0.274. The summed E-state index contributed by atoms with van der Waals surface area (Å²) >= 11 is 0. The van der Waals surface area contributed by atoms with Gasteiger partial charge >= 0.3 is 0 Å². The highest BCUT2D eigenvalue weighted by atomic mass is 15.0. The third-order valence-electron chi connectivity index (χ3n) is 4.19. The van der Waals surface area contributed by atoms with Gasteiger partial charge in [-0.3, -0.25) is 0 Å². The fourth-order valence-electron chi connectivity index (χ4n) is 3.33. The predicted molar refractivity (Wildman–Crippen MR) is 66.7 cm³/mol. The van der Waals surface area contributed by atoms with Crippen LogP contribution in [-0.2, 0) is 5.41 Å². The topological polar surface area (TPSA) is 50.1 Å². The number of hydrogen-bond donors (Lipinski definition) is 3. The van der Waals surface area contributed by atoms with Crippen molar-refractivity contribution < 1.29 is 0 Å². The largest absolute Gasteiger partial charge is 0.380 e. The van der Waals surface area contributed by atoms with Gasteiger partial charge in [0.25, 0.3) is 0 Å². The van der Waals surface area contributed by atoms with E-state index < -0.39 is 0 Å². The molecule has 86 valence electrons. The van der Waals surface area contributed by atoms with Crippen LogP contribution in [0.15, 0.2) is 24.3 Å². The fraction of sp³-hybridized carbons (Fsp3) is 0.538. The summed E-state index contributed by atoms with van der Waals surface area (Å²) in [6.45, 7) is 2.92. The number of anilines is 1. The molecule has 2 heterocycles. The van der Waals surface area contributed by atoms with Crippen molar-refractivity contribution in [2.45, 2.75) is 24.3 Å². The Morgan fingerprint density at radius 3 is 2.75 bits per heavy atom. The number of piperidine rings is 1. The van der Waals surface area contributed by atoms with Crippen molar-refractivity contribution in [1.29, 1.82) is 0 Å². The molecule has 1 saturated heterocycles. The maximum atomic E-state index is 5.94. The van der Waals surface area contributed by atoms with Crippen molar-refractivity contribution in [3.63, 3.8) is 0 Å². The first kappa shape index (κ1) is 10.1. The van der Waals surface area contributed by atoms with Crippen LogP contribution in [0.4, 0.5) is 5.69 Å². The minimum absolute atomic E-state index is 0.274. The quantitative estimate of drug-likeness (QED) is 0.659. The van der Waals surface area contributed by atoms with E-state index in [0.29, 0.717) is 12.6 Å². The van der Waals surface area contributed by atoms with Gasteiger partial charge < -0.3 is 16.4 Å². The van der Waals surface area contributed by atoms with Crippen LogP contribution in [0.1, 0.15) is 18.4 Å². The molecule has 3 nitrogen and oxygen atoms in total. The maximum Gasteiger partial charge on any atom is 0.0482 e. The summed E-state index contributed by atoms with van der Waals surface area (Å²) < 4.78 is 0. The SMILES string of the molecule is NCC1Nc2ccccc2C12CCNCC2. The lowest BCUT2D eigenvalue weighted by atomic mass is 9.70. The Bertz CT molecular complexity index is 383. The van der Waals surface area contributed by atoms with E-state index in [1.165, 1.54) is 24.1 Å². The highest BCUT2D eigenvalue weighted by Gasteiger charge is 2.46. The highest BCUT2D eigenvalue weighted by Crippen LogP contribution is 2.46. The summed E-state index contributed by atoms with van der Waals surface area (Å²) in [5, 5.41) is 7.03. The lowest BCUT2D eigenvalue weighted by Crippen LogP contribution is -2.50. The van der Waals surface area contributed by atoms with Gasteiger partial charge in [-0.15, -0.1) is 0 Å². The number of rotatable bonds is 1. The van der Waals surface area contributed by atoms with E-state index in [0.717, 1.165) is 13.1 Å². The van der Waals surface area contributed by atoms with Crippen molar-refractivity contribution >= 4 is 5.69 Å².